The van der Waals surface area contributed by atoms with Gasteiger partial charge in [-0.2, -0.15) is 0 Å². The van der Waals surface area contributed by atoms with Crippen molar-refractivity contribution >= 4 is 52.7 Å². The van der Waals surface area contributed by atoms with Crippen LogP contribution < -0.4 is 11.1 Å². The molecule has 0 aromatic heterocycles. The third kappa shape index (κ3) is 4.47. The monoisotopic (exact) mass is 425 g/mol. The molecule has 0 fully saturated rings. The molecule has 4 heteroatoms. The van der Waals surface area contributed by atoms with Gasteiger partial charge in [-0.1, -0.05) is 78.9 Å². The molecule has 0 atom stereocenters. The number of anilines is 1. The van der Waals surface area contributed by atoms with Gasteiger partial charge in [-0.15, -0.1) is 12.4 Å². The Kier molecular flexibility index (Phi) is 6.06. The molecule has 4 aromatic carbocycles. The van der Waals surface area contributed by atoms with E-state index in [1.165, 1.54) is 27.6 Å². The van der Waals surface area contributed by atoms with Crippen LogP contribution in [0.3, 0.4) is 0 Å². The second-order valence-electron chi connectivity index (χ2n) is 7.59. The number of halogens is 1. The molecule has 3 nitrogen and oxygen atoms in total. The van der Waals surface area contributed by atoms with E-state index in [9.17, 15) is 0 Å². The molecule has 3 N–H and O–H groups in total. The maximum absolute atomic E-state index is 6.26. The van der Waals surface area contributed by atoms with Gasteiger partial charge in [-0.3, -0.25) is 0 Å². The second-order valence-corrected chi connectivity index (χ2v) is 7.59. The van der Waals surface area contributed by atoms with E-state index in [1.54, 1.807) is 0 Å². The lowest BCUT2D eigenvalue weighted by Crippen LogP contribution is -2.22. The lowest BCUT2D eigenvalue weighted by atomic mass is 10.0. The van der Waals surface area contributed by atoms with Crippen LogP contribution in [-0.2, 0) is 12.8 Å². The van der Waals surface area contributed by atoms with Crippen LogP contribution in [0.25, 0.3) is 22.9 Å². The average molecular weight is 426 g/mol. The molecule has 154 valence electrons. The van der Waals surface area contributed by atoms with Gasteiger partial charge in [0.25, 0.3) is 0 Å². The van der Waals surface area contributed by atoms with Crippen molar-refractivity contribution in [3.05, 3.63) is 107 Å². The number of nitrogens with zero attached hydrogens (tertiary/aromatic N) is 1. The molecule has 1 aliphatic rings. The molecule has 0 unspecified atom stereocenters. The van der Waals surface area contributed by atoms with Crippen molar-refractivity contribution in [2.24, 2.45) is 10.7 Å². The van der Waals surface area contributed by atoms with Gasteiger partial charge in [0.1, 0.15) is 0 Å². The van der Waals surface area contributed by atoms with Gasteiger partial charge in [-0.05, 0) is 58.7 Å². The summed E-state index contributed by atoms with van der Waals surface area (Å²) in [5.41, 5.74) is 13.2. The number of benzene rings is 4. The Morgan fingerprint density at radius 1 is 0.742 bits per heavy atom. The molecule has 31 heavy (non-hydrogen) atoms. The molecule has 0 spiro atoms. The van der Waals surface area contributed by atoms with E-state index in [0.717, 1.165) is 29.6 Å². The summed E-state index contributed by atoms with van der Waals surface area (Å²) in [5, 5.41) is 5.62. The Morgan fingerprint density at radius 3 is 2.29 bits per heavy atom. The van der Waals surface area contributed by atoms with Crippen molar-refractivity contribution in [2.75, 3.05) is 5.32 Å². The van der Waals surface area contributed by atoms with E-state index in [4.69, 9.17) is 5.73 Å². The van der Waals surface area contributed by atoms with Crippen molar-refractivity contribution in [3.8, 4) is 0 Å². The molecule has 4 aromatic rings. The number of hydrogen-bond donors (Lipinski definition) is 2. The molecular formula is C27H24ClN3. The third-order valence-electron chi connectivity index (χ3n) is 5.51. The molecular weight excluding hydrogens is 402 g/mol. The van der Waals surface area contributed by atoms with Gasteiger partial charge in [0.2, 0.25) is 0 Å². The van der Waals surface area contributed by atoms with Gasteiger partial charge < -0.3 is 11.1 Å². The van der Waals surface area contributed by atoms with E-state index in [2.05, 4.69) is 95.3 Å². The topological polar surface area (TPSA) is 50.4 Å². The summed E-state index contributed by atoms with van der Waals surface area (Å²) in [6.07, 6.45) is 6.29. The molecule has 0 saturated heterocycles. The van der Waals surface area contributed by atoms with Crippen molar-refractivity contribution in [3.63, 3.8) is 0 Å². The fourth-order valence-corrected chi connectivity index (χ4v) is 4.05. The van der Waals surface area contributed by atoms with E-state index < -0.39 is 0 Å². The van der Waals surface area contributed by atoms with Crippen molar-refractivity contribution in [1.82, 2.24) is 0 Å². The van der Waals surface area contributed by atoms with E-state index >= 15 is 0 Å². The van der Waals surface area contributed by atoms with Gasteiger partial charge in [0.05, 0.1) is 5.69 Å². The molecule has 0 aliphatic heterocycles. The van der Waals surface area contributed by atoms with Crippen LogP contribution in [0.4, 0.5) is 11.4 Å². The molecule has 0 heterocycles. The number of nitrogens with one attached hydrogen (secondary N) is 1. The van der Waals surface area contributed by atoms with E-state index in [-0.39, 0.29) is 12.4 Å². The highest BCUT2D eigenvalue weighted by molar-refractivity contribution is 6.09. The Hall–Kier alpha value is -3.56. The summed E-state index contributed by atoms with van der Waals surface area (Å²) in [4.78, 5) is 4.67. The largest absolute Gasteiger partial charge is 0.369 e. The number of rotatable bonds is 5. The van der Waals surface area contributed by atoms with Crippen LogP contribution in [0.2, 0.25) is 0 Å². The van der Waals surface area contributed by atoms with Crippen LogP contribution in [-0.4, -0.2) is 5.96 Å². The SMILES string of the molecule is Cl.NC(=Nc1ccc2c3c(cccc13)C=C2)Nc1cccc(CCc2ccccc2)c1. The normalized spacial score (nSPS) is 12.1. The fourth-order valence-electron chi connectivity index (χ4n) is 4.05. The molecule has 5 rings (SSSR count). The van der Waals surface area contributed by atoms with Gasteiger partial charge >= 0.3 is 0 Å². The first kappa shape index (κ1) is 20.7. The summed E-state index contributed by atoms with van der Waals surface area (Å²) in [7, 11) is 0. The molecule has 0 bridgehead atoms. The lowest BCUT2D eigenvalue weighted by Gasteiger charge is -2.10. The van der Waals surface area contributed by atoms with Crippen molar-refractivity contribution in [1.29, 1.82) is 0 Å². The Bertz CT molecular complexity index is 1260. The minimum Gasteiger partial charge on any atom is -0.369 e. The zero-order valence-electron chi connectivity index (χ0n) is 17.1. The van der Waals surface area contributed by atoms with Crippen LogP contribution in [0.1, 0.15) is 22.3 Å². The smallest absolute Gasteiger partial charge is 0.198 e. The van der Waals surface area contributed by atoms with E-state index in [0.29, 0.717) is 5.96 Å². The van der Waals surface area contributed by atoms with Crippen molar-refractivity contribution in [2.45, 2.75) is 12.8 Å². The highest BCUT2D eigenvalue weighted by Gasteiger charge is 2.11. The number of aryl methyl sites for hydroxylation is 2. The van der Waals surface area contributed by atoms with Crippen LogP contribution >= 0.6 is 12.4 Å². The molecule has 1 aliphatic carbocycles. The first-order valence-electron chi connectivity index (χ1n) is 10.2. The lowest BCUT2D eigenvalue weighted by molar-refractivity contribution is 0.961. The zero-order chi connectivity index (χ0) is 20.3. The third-order valence-corrected chi connectivity index (χ3v) is 5.51. The van der Waals surface area contributed by atoms with Gasteiger partial charge in [0, 0.05) is 11.1 Å². The average Bonchev–Trinajstić information content (AvgIpc) is 3.20. The maximum atomic E-state index is 6.26. The summed E-state index contributed by atoms with van der Waals surface area (Å²) in [6.45, 7) is 0. The second kappa shape index (κ2) is 9.07. The zero-order valence-corrected chi connectivity index (χ0v) is 17.9. The predicted octanol–water partition coefficient (Wildman–Crippen LogP) is 6.59. The Balaban J connectivity index is 0.00000231. The first-order valence-corrected chi connectivity index (χ1v) is 10.2. The quantitative estimate of drug-likeness (QED) is 0.246. The fraction of sp³-hybridized carbons (Fsp3) is 0.0741. The number of hydrogen-bond acceptors (Lipinski definition) is 1. The summed E-state index contributed by atoms with van der Waals surface area (Å²) in [6, 6.07) is 29.4. The van der Waals surface area contributed by atoms with Crippen LogP contribution in [0.15, 0.2) is 89.9 Å². The maximum Gasteiger partial charge on any atom is 0.198 e. The van der Waals surface area contributed by atoms with Crippen molar-refractivity contribution < 1.29 is 0 Å². The summed E-state index contributed by atoms with van der Waals surface area (Å²) >= 11 is 0. The highest BCUT2D eigenvalue weighted by atomic mass is 35.5. The molecule has 0 radical (unpaired) electrons. The number of guanidine groups is 1. The molecule has 0 amide bonds. The standard InChI is InChI=1S/C27H23N3.ClH/c28-27(30-25-17-16-22-15-14-21-9-5-11-24(25)26(21)22)29-23-10-4-8-20(18-23)13-12-19-6-2-1-3-7-19;/h1-11,14-18H,12-13H2,(H3,28,29,30);1H. The first-order chi connectivity index (χ1) is 14.8. The summed E-state index contributed by atoms with van der Waals surface area (Å²) in [5.74, 6) is 0.391. The predicted molar refractivity (Wildman–Crippen MR) is 135 cm³/mol. The van der Waals surface area contributed by atoms with Gasteiger partial charge in [-0.25, -0.2) is 4.99 Å². The Labute approximate surface area is 188 Å². The van der Waals surface area contributed by atoms with Gasteiger partial charge in [0.15, 0.2) is 5.96 Å². The van der Waals surface area contributed by atoms with E-state index in [1.807, 2.05) is 12.1 Å². The van der Waals surface area contributed by atoms with Crippen LogP contribution in [0, 0.1) is 0 Å². The minimum absolute atomic E-state index is 0. The minimum atomic E-state index is 0. The molecule has 0 saturated carbocycles. The van der Waals surface area contributed by atoms with Crippen LogP contribution in [0.5, 0.6) is 0 Å². The number of aliphatic imine (C=N–C) groups is 1. The highest BCUT2D eigenvalue weighted by Crippen LogP contribution is 2.36. The summed E-state index contributed by atoms with van der Waals surface area (Å²) < 4.78 is 0. The Morgan fingerprint density at radius 2 is 1.45 bits per heavy atom. The number of nitrogens with two attached hydrogens (primary N) is 1.